The van der Waals surface area contributed by atoms with Crippen LogP contribution in [0.1, 0.15) is 11.1 Å². The maximum absolute atomic E-state index is 8.93. The van der Waals surface area contributed by atoms with Crippen molar-refractivity contribution in [2.75, 3.05) is 7.05 Å². The molecule has 0 radical (unpaired) electrons. The Balaban J connectivity index is 3.04. The van der Waals surface area contributed by atoms with Gasteiger partial charge in [0.05, 0.1) is 5.56 Å². The number of rotatable bonds is 1. The standard InChI is InChI=1S/C10H11N3S/c1-7-4-3-5-9(8(7)6-11)14-10(12)13-2/h3-5H,1-2H3,(H2,12,13). The Morgan fingerprint density at radius 2 is 2.29 bits per heavy atom. The van der Waals surface area contributed by atoms with Gasteiger partial charge in [0.25, 0.3) is 0 Å². The number of hydrogen-bond donors (Lipinski definition) is 2. The molecule has 0 heterocycles. The lowest BCUT2D eigenvalue weighted by Crippen LogP contribution is -2.12. The highest BCUT2D eigenvalue weighted by Crippen LogP contribution is 2.24. The first-order chi connectivity index (χ1) is 6.69. The third-order valence-corrected chi connectivity index (χ3v) is 2.75. The lowest BCUT2D eigenvalue weighted by Gasteiger charge is -2.05. The molecule has 4 heteroatoms. The van der Waals surface area contributed by atoms with Crippen LogP contribution >= 0.6 is 11.8 Å². The predicted molar refractivity (Wildman–Crippen MR) is 58.5 cm³/mol. The molecule has 1 aromatic rings. The Labute approximate surface area is 87.6 Å². The van der Waals surface area contributed by atoms with Crippen LogP contribution in [-0.2, 0) is 0 Å². The molecule has 0 amide bonds. The fourth-order valence-corrected chi connectivity index (χ4v) is 1.81. The quantitative estimate of drug-likeness (QED) is 0.419. The predicted octanol–water partition coefficient (Wildman–Crippen LogP) is 2.11. The Bertz CT molecular complexity index is 393. The summed E-state index contributed by atoms with van der Waals surface area (Å²) in [4.78, 5) is 0.826. The van der Waals surface area contributed by atoms with Gasteiger partial charge in [-0.2, -0.15) is 5.26 Å². The summed E-state index contributed by atoms with van der Waals surface area (Å²) in [6.07, 6.45) is 0. The van der Waals surface area contributed by atoms with Gasteiger partial charge in [0.15, 0.2) is 5.17 Å². The van der Waals surface area contributed by atoms with Crippen LogP contribution in [0.3, 0.4) is 0 Å². The van der Waals surface area contributed by atoms with E-state index in [0.717, 1.165) is 10.5 Å². The van der Waals surface area contributed by atoms with Crippen molar-refractivity contribution in [3.63, 3.8) is 0 Å². The van der Waals surface area contributed by atoms with Crippen LogP contribution < -0.4 is 5.32 Å². The van der Waals surface area contributed by atoms with E-state index < -0.39 is 0 Å². The Morgan fingerprint density at radius 1 is 1.57 bits per heavy atom. The van der Waals surface area contributed by atoms with E-state index in [0.29, 0.717) is 10.7 Å². The first-order valence-electron chi connectivity index (χ1n) is 4.13. The van der Waals surface area contributed by atoms with Crippen molar-refractivity contribution < 1.29 is 0 Å². The van der Waals surface area contributed by atoms with E-state index in [4.69, 9.17) is 10.7 Å². The third-order valence-electron chi connectivity index (χ3n) is 1.79. The van der Waals surface area contributed by atoms with E-state index in [1.54, 1.807) is 7.05 Å². The fraction of sp³-hybridized carbons (Fsp3) is 0.200. The molecule has 0 aliphatic heterocycles. The molecule has 2 N–H and O–H groups in total. The van der Waals surface area contributed by atoms with Crippen LogP contribution in [0.25, 0.3) is 0 Å². The molecule has 1 rings (SSSR count). The van der Waals surface area contributed by atoms with Crippen molar-refractivity contribution in [1.29, 1.82) is 10.7 Å². The summed E-state index contributed by atoms with van der Waals surface area (Å²) in [5, 5.41) is 19.5. The van der Waals surface area contributed by atoms with Crippen LogP contribution in [0.2, 0.25) is 0 Å². The molecule has 3 nitrogen and oxygen atoms in total. The first kappa shape index (κ1) is 10.6. The molecule has 14 heavy (non-hydrogen) atoms. The number of benzene rings is 1. The fourth-order valence-electron chi connectivity index (χ4n) is 1.03. The largest absolute Gasteiger partial charge is 0.368 e. The Morgan fingerprint density at radius 3 is 2.86 bits per heavy atom. The smallest absolute Gasteiger partial charge is 0.158 e. The van der Waals surface area contributed by atoms with Crippen molar-refractivity contribution in [3.8, 4) is 6.07 Å². The van der Waals surface area contributed by atoms with E-state index in [-0.39, 0.29) is 0 Å². The minimum absolute atomic E-state index is 0.340. The molecule has 1 aromatic carbocycles. The number of thioether (sulfide) groups is 1. The van der Waals surface area contributed by atoms with Gasteiger partial charge in [0.1, 0.15) is 6.07 Å². The second-order valence-electron chi connectivity index (χ2n) is 2.74. The summed E-state index contributed by atoms with van der Waals surface area (Å²) in [7, 11) is 1.69. The second kappa shape index (κ2) is 4.68. The molecule has 0 unspecified atom stereocenters. The SMILES string of the molecule is CNC(=N)Sc1cccc(C)c1C#N. The van der Waals surface area contributed by atoms with Crippen molar-refractivity contribution in [1.82, 2.24) is 5.32 Å². The van der Waals surface area contributed by atoms with Gasteiger partial charge in [-0.05, 0) is 18.6 Å². The molecule has 0 aromatic heterocycles. The summed E-state index contributed by atoms with van der Waals surface area (Å²) in [6, 6.07) is 7.78. The Hall–Kier alpha value is -1.47. The van der Waals surface area contributed by atoms with Crippen molar-refractivity contribution >= 4 is 16.9 Å². The summed E-state index contributed by atoms with van der Waals surface area (Å²) >= 11 is 1.26. The first-order valence-corrected chi connectivity index (χ1v) is 4.94. The monoisotopic (exact) mass is 205 g/mol. The molecule has 72 valence electrons. The molecule has 0 fully saturated rings. The maximum atomic E-state index is 8.93. The third kappa shape index (κ3) is 2.27. The van der Waals surface area contributed by atoms with E-state index in [2.05, 4.69) is 11.4 Å². The molecule has 0 aliphatic carbocycles. The lowest BCUT2D eigenvalue weighted by atomic mass is 10.1. The van der Waals surface area contributed by atoms with Gasteiger partial charge in [-0.3, -0.25) is 5.41 Å². The second-order valence-corrected chi connectivity index (χ2v) is 3.79. The van der Waals surface area contributed by atoms with Gasteiger partial charge in [-0.25, -0.2) is 0 Å². The van der Waals surface area contributed by atoms with Crippen molar-refractivity contribution in [3.05, 3.63) is 29.3 Å². The van der Waals surface area contributed by atoms with E-state index in [1.165, 1.54) is 11.8 Å². The number of nitrogens with one attached hydrogen (secondary N) is 2. The lowest BCUT2D eigenvalue weighted by molar-refractivity contribution is 1.18. The topological polar surface area (TPSA) is 59.7 Å². The molecular weight excluding hydrogens is 194 g/mol. The molecule has 0 saturated carbocycles. The highest BCUT2D eigenvalue weighted by atomic mass is 32.2. The van der Waals surface area contributed by atoms with E-state index in [9.17, 15) is 0 Å². The zero-order chi connectivity index (χ0) is 10.6. The van der Waals surface area contributed by atoms with Crippen molar-refractivity contribution in [2.45, 2.75) is 11.8 Å². The van der Waals surface area contributed by atoms with Gasteiger partial charge < -0.3 is 5.32 Å². The number of aryl methyl sites for hydroxylation is 1. The molecule has 0 saturated heterocycles. The highest BCUT2D eigenvalue weighted by Gasteiger charge is 2.06. The van der Waals surface area contributed by atoms with Gasteiger partial charge in [-0.15, -0.1) is 0 Å². The van der Waals surface area contributed by atoms with E-state index >= 15 is 0 Å². The summed E-state index contributed by atoms with van der Waals surface area (Å²) in [6.45, 7) is 1.89. The van der Waals surface area contributed by atoms with Crippen LogP contribution in [0.5, 0.6) is 0 Å². The molecule has 0 aliphatic rings. The summed E-state index contributed by atoms with van der Waals surface area (Å²) in [5.41, 5.74) is 1.60. The average Bonchev–Trinajstić information content (AvgIpc) is 2.18. The molecular formula is C10H11N3S. The zero-order valence-corrected chi connectivity index (χ0v) is 8.90. The van der Waals surface area contributed by atoms with Crippen LogP contribution in [-0.4, -0.2) is 12.2 Å². The zero-order valence-electron chi connectivity index (χ0n) is 8.09. The van der Waals surface area contributed by atoms with Gasteiger partial charge in [0.2, 0.25) is 0 Å². The number of nitrogens with zero attached hydrogens (tertiary/aromatic N) is 1. The van der Waals surface area contributed by atoms with Crippen LogP contribution in [0.15, 0.2) is 23.1 Å². The maximum Gasteiger partial charge on any atom is 0.158 e. The Kier molecular flexibility index (Phi) is 3.55. The minimum Gasteiger partial charge on any atom is -0.368 e. The number of amidine groups is 1. The van der Waals surface area contributed by atoms with Crippen LogP contribution in [0.4, 0.5) is 0 Å². The highest BCUT2D eigenvalue weighted by molar-refractivity contribution is 8.13. The number of hydrogen-bond acceptors (Lipinski definition) is 3. The van der Waals surface area contributed by atoms with E-state index in [1.807, 2.05) is 25.1 Å². The summed E-state index contributed by atoms with van der Waals surface area (Å²) < 4.78 is 0. The molecule has 0 bridgehead atoms. The number of nitriles is 1. The summed E-state index contributed by atoms with van der Waals surface area (Å²) in [5.74, 6) is 0. The van der Waals surface area contributed by atoms with Gasteiger partial charge >= 0.3 is 0 Å². The molecule has 0 atom stereocenters. The van der Waals surface area contributed by atoms with Crippen LogP contribution in [0, 0.1) is 23.7 Å². The minimum atomic E-state index is 0.340. The van der Waals surface area contributed by atoms with Gasteiger partial charge in [-0.1, -0.05) is 23.9 Å². The molecule has 0 spiro atoms. The van der Waals surface area contributed by atoms with Gasteiger partial charge in [0, 0.05) is 11.9 Å². The normalized spacial score (nSPS) is 9.21. The van der Waals surface area contributed by atoms with Crippen molar-refractivity contribution in [2.24, 2.45) is 0 Å². The average molecular weight is 205 g/mol.